The number of rotatable bonds is 4. The van der Waals surface area contributed by atoms with Gasteiger partial charge in [-0.2, -0.15) is 0 Å². The minimum atomic E-state index is 0.0278. The molecule has 53 heavy (non-hydrogen) atoms. The highest BCUT2D eigenvalue weighted by molar-refractivity contribution is 7.00. The number of hydrogen-bond acceptors (Lipinski definition) is 2. The van der Waals surface area contributed by atoms with Crippen LogP contribution in [0.3, 0.4) is 0 Å². The molecule has 0 bridgehead atoms. The van der Waals surface area contributed by atoms with E-state index in [1.807, 2.05) is 0 Å². The van der Waals surface area contributed by atoms with Crippen LogP contribution >= 0.6 is 0 Å². The molecule has 1 aliphatic carbocycles. The molecular weight excluding hydrogens is 639 g/mol. The first-order valence-corrected chi connectivity index (χ1v) is 20.4. The molecule has 0 aromatic heterocycles. The smallest absolute Gasteiger partial charge is 0.252 e. The van der Waals surface area contributed by atoms with E-state index in [0.717, 1.165) is 6.42 Å². The first-order chi connectivity index (χ1) is 25.1. The van der Waals surface area contributed by atoms with Crippen molar-refractivity contribution >= 4 is 57.2 Å². The van der Waals surface area contributed by atoms with Crippen molar-refractivity contribution < 1.29 is 0 Å². The molecule has 1 fully saturated rings. The van der Waals surface area contributed by atoms with Crippen molar-refractivity contribution in [2.75, 3.05) is 9.80 Å². The molecule has 2 aliphatic heterocycles. The summed E-state index contributed by atoms with van der Waals surface area (Å²) < 4.78 is 0. The fraction of sp³-hybridized carbons (Fsp3) is 0.400. The van der Waals surface area contributed by atoms with Gasteiger partial charge in [-0.05, 0) is 134 Å². The van der Waals surface area contributed by atoms with Gasteiger partial charge in [-0.25, -0.2) is 0 Å². The summed E-state index contributed by atoms with van der Waals surface area (Å²) in [5.74, 6) is 0.576. The number of nitrogens with zero attached hydrogens (tertiary/aromatic N) is 2. The number of anilines is 6. The Hall–Kier alpha value is -4.24. The number of aryl methyl sites for hydroxylation is 1. The van der Waals surface area contributed by atoms with Gasteiger partial charge in [-0.1, -0.05) is 137 Å². The number of hydrogen-bond donors (Lipinski definition) is 0. The third kappa shape index (κ3) is 6.32. The first kappa shape index (κ1) is 35.8. The minimum absolute atomic E-state index is 0.0278. The van der Waals surface area contributed by atoms with Crippen LogP contribution < -0.4 is 26.2 Å². The topological polar surface area (TPSA) is 6.48 Å². The maximum absolute atomic E-state index is 2.62. The standard InChI is InChI=1S/C50H59BN2/c1-11-33-17-23-39(24-18-33)52-43-27-21-37(49(5,6)7)31-41(43)51-42-32-38(50(8,9)10)22-28-44(42)53(40-25-19-36(20-26-40)48(2,3)4)46-30-35(29-45(52)47(46)51)34-15-13-12-14-16-34/h17-32,34H,11-16H2,1-10H3. The molecule has 0 unspecified atom stereocenters. The number of fused-ring (bicyclic) bond motifs is 4. The average molecular weight is 699 g/mol. The molecule has 2 heterocycles. The molecule has 272 valence electrons. The summed E-state index contributed by atoms with van der Waals surface area (Å²) in [6.07, 6.45) is 7.56. The Morgan fingerprint density at radius 1 is 0.509 bits per heavy atom. The Labute approximate surface area is 320 Å². The van der Waals surface area contributed by atoms with Gasteiger partial charge in [0, 0.05) is 34.1 Å². The molecule has 5 aromatic carbocycles. The summed E-state index contributed by atoms with van der Waals surface area (Å²) in [6.45, 7) is 23.4. The monoisotopic (exact) mass is 698 g/mol. The molecule has 5 aromatic rings. The van der Waals surface area contributed by atoms with Gasteiger partial charge < -0.3 is 9.80 Å². The summed E-state index contributed by atoms with van der Waals surface area (Å²) in [6, 6.07) is 38.8. The SMILES string of the molecule is CCc1ccc(N2c3ccc(C(C)(C)C)cc3B3c4cc(C(C)(C)C)ccc4N(c4ccc(C(C)(C)C)cc4)c4cc(C5CCCCC5)cc2c43)cc1. The van der Waals surface area contributed by atoms with E-state index >= 15 is 0 Å². The normalized spacial score (nSPS) is 16.0. The highest BCUT2D eigenvalue weighted by Crippen LogP contribution is 2.47. The zero-order chi connectivity index (χ0) is 37.4. The Kier molecular flexibility index (Phi) is 8.75. The van der Waals surface area contributed by atoms with Crippen molar-refractivity contribution in [1.82, 2.24) is 0 Å². The van der Waals surface area contributed by atoms with Gasteiger partial charge in [0.15, 0.2) is 0 Å². The van der Waals surface area contributed by atoms with E-state index in [0.29, 0.717) is 5.92 Å². The second kappa shape index (κ2) is 13.0. The quantitative estimate of drug-likeness (QED) is 0.169. The van der Waals surface area contributed by atoms with Crippen LogP contribution in [0.2, 0.25) is 0 Å². The van der Waals surface area contributed by atoms with E-state index in [4.69, 9.17) is 0 Å². The highest BCUT2D eigenvalue weighted by Gasteiger charge is 2.44. The predicted octanol–water partition coefficient (Wildman–Crippen LogP) is 12.3. The second-order valence-corrected chi connectivity index (χ2v) is 19.3. The Morgan fingerprint density at radius 2 is 0.943 bits per heavy atom. The van der Waals surface area contributed by atoms with Gasteiger partial charge >= 0.3 is 0 Å². The van der Waals surface area contributed by atoms with E-state index in [-0.39, 0.29) is 23.0 Å². The van der Waals surface area contributed by atoms with Gasteiger partial charge in [0.2, 0.25) is 0 Å². The lowest BCUT2D eigenvalue weighted by Crippen LogP contribution is -2.61. The van der Waals surface area contributed by atoms with Crippen molar-refractivity contribution in [3.8, 4) is 0 Å². The first-order valence-electron chi connectivity index (χ1n) is 20.4. The molecule has 0 spiro atoms. The molecule has 0 N–H and O–H groups in total. The minimum Gasteiger partial charge on any atom is -0.311 e. The van der Waals surface area contributed by atoms with E-state index in [1.165, 1.54) is 110 Å². The van der Waals surface area contributed by atoms with Crippen molar-refractivity contribution in [3.63, 3.8) is 0 Å². The molecule has 0 atom stereocenters. The van der Waals surface area contributed by atoms with Crippen LogP contribution in [-0.2, 0) is 22.7 Å². The third-order valence-electron chi connectivity index (χ3n) is 12.5. The summed E-state index contributed by atoms with van der Waals surface area (Å²) in [7, 11) is 0. The van der Waals surface area contributed by atoms with Crippen LogP contribution in [0.1, 0.15) is 135 Å². The van der Waals surface area contributed by atoms with Gasteiger partial charge in [-0.15, -0.1) is 0 Å². The van der Waals surface area contributed by atoms with Crippen molar-refractivity contribution in [2.45, 2.75) is 130 Å². The van der Waals surface area contributed by atoms with Crippen LogP contribution in [0.4, 0.5) is 34.1 Å². The van der Waals surface area contributed by atoms with Crippen LogP contribution in [0.5, 0.6) is 0 Å². The zero-order valence-corrected chi connectivity index (χ0v) is 34.0. The van der Waals surface area contributed by atoms with Crippen LogP contribution in [0, 0.1) is 0 Å². The molecule has 0 amide bonds. The average Bonchev–Trinajstić information content (AvgIpc) is 3.13. The zero-order valence-electron chi connectivity index (χ0n) is 34.0. The summed E-state index contributed by atoms with van der Waals surface area (Å²) in [4.78, 5) is 5.23. The molecular formula is C50H59BN2. The summed E-state index contributed by atoms with van der Waals surface area (Å²) in [5.41, 5.74) is 19.2. The third-order valence-corrected chi connectivity index (χ3v) is 12.5. The molecule has 2 nitrogen and oxygen atoms in total. The summed E-state index contributed by atoms with van der Waals surface area (Å²) >= 11 is 0. The van der Waals surface area contributed by atoms with Gasteiger partial charge in [0.25, 0.3) is 6.71 Å². The Morgan fingerprint density at radius 3 is 1.38 bits per heavy atom. The predicted molar refractivity (Wildman–Crippen MR) is 232 cm³/mol. The molecule has 3 heteroatoms. The Bertz CT molecular complexity index is 2150. The fourth-order valence-electron chi connectivity index (χ4n) is 9.18. The maximum Gasteiger partial charge on any atom is 0.252 e. The summed E-state index contributed by atoms with van der Waals surface area (Å²) in [5, 5.41) is 0. The van der Waals surface area contributed by atoms with E-state index in [9.17, 15) is 0 Å². The van der Waals surface area contributed by atoms with Gasteiger partial charge in [0.05, 0.1) is 0 Å². The van der Waals surface area contributed by atoms with Crippen LogP contribution in [0.15, 0.2) is 97.1 Å². The van der Waals surface area contributed by atoms with E-state index in [2.05, 4.69) is 176 Å². The molecule has 0 saturated heterocycles. The lowest BCUT2D eigenvalue weighted by Gasteiger charge is -2.45. The van der Waals surface area contributed by atoms with Gasteiger partial charge in [0.1, 0.15) is 0 Å². The molecule has 1 saturated carbocycles. The van der Waals surface area contributed by atoms with Crippen LogP contribution in [-0.4, -0.2) is 6.71 Å². The molecule has 0 radical (unpaired) electrons. The largest absolute Gasteiger partial charge is 0.311 e. The lowest BCUT2D eigenvalue weighted by molar-refractivity contribution is 0.444. The molecule has 3 aliphatic rings. The highest BCUT2D eigenvalue weighted by atomic mass is 15.2. The molecule has 8 rings (SSSR count). The van der Waals surface area contributed by atoms with Crippen LogP contribution in [0.25, 0.3) is 0 Å². The van der Waals surface area contributed by atoms with Crippen molar-refractivity contribution in [3.05, 3.63) is 125 Å². The van der Waals surface area contributed by atoms with E-state index in [1.54, 1.807) is 0 Å². The van der Waals surface area contributed by atoms with Crippen molar-refractivity contribution in [2.24, 2.45) is 0 Å². The van der Waals surface area contributed by atoms with Crippen molar-refractivity contribution in [1.29, 1.82) is 0 Å². The second-order valence-electron chi connectivity index (χ2n) is 19.3. The van der Waals surface area contributed by atoms with E-state index < -0.39 is 0 Å². The fourth-order valence-corrected chi connectivity index (χ4v) is 9.18. The Balaban J connectivity index is 1.48. The maximum atomic E-state index is 2.62. The number of benzene rings is 5. The van der Waals surface area contributed by atoms with Gasteiger partial charge in [-0.3, -0.25) is 0 Å². The lowest BCUT2D eigenvalue weighted by atomic mass is 9.33.